The molecular formula is C20H35NO3. The van der Waals surface area contributed by atoms with Crippen LogP contribution in [0.3, 0.4) is 0 Å². The number of rotatable bonds is 8. The van der Waals surface area contributed by atoms with Crippen LogP contribution in [-0.2, 0) is 14.3 Å². The average molecular weight is 338 g/mol. The van der Waals surface area contributed by atoms with Gasteiger partial charge in [-0.3, -0.25) is 9.59 Å². The lowest BCUT2D eigenvalue weighted by Gasteiger charge is -2.35. The van der Waals surface area contributed by atoms with Gasteiger partial charge in [0.2, 0.25) is 5.91 Å². The van der Waals surface area contributed by atoms with Crippen LogP contribution in [-0.4, -0.2) is 36.0 Å². The highest BCUT2D eigenvalue weighted by atomic mass is 16.5. The van der Waals surface area contributed by atoms with E-state index >= 15 is 0 Å². The summed E-state index contributed by atoms with van der Waals surface area (Å²) in [6.45, 7) is 2.77. The van der Waals surface area contributed by atoms with Gasteiger partial charge in [-0.25, -0.2) is 0 Å². The van der Waals surface area contributed by atoms with Gasteiger partial charge < -0.3 is 9.64 Å². The van der Waals surface area contributed by atoms with E-state index in [-0.39, 0.29) is 11.9 Å². The molecule has 0 aromatic carbocycles. The van der Waals surface area contributed by atoms with E-state index in [4.69, 9.17) is 4.74 Å². The number of carbonyl (C=O) groups is 2. The Morgan fingerprint density at radius 2 is 1.54 bits per heavy atom. The Morgan fingerprint density at radius 1 is 0.917 bits per heavy atom. The first-order valence-electron chi connectivity index (χ1n) is 10.2. The topological polar surface area (TPSA) is 46.6 Å². The molecule has 0 bridgehead atoms. The fourth-order valence-electron chi connectivity index (χ4n) is 4.30. The minimum atomic E-state index is -0.182. The van der Waals surface area contributed by atoms with Crippen molar-refractivity contribution in [2.45, 2.75) is 96.4 Å². The third kappa shape index (κ3) is 6.45. The zero-order chi connectivity index (χ0) is 17.2. The fourth-order valence-corrected chi connectivity index (χ4v) is 4.30. The number of nitrogens with zero attached hydrogens (tertiary/aromatic N) is 1. The van der Waals surface area contributed by atoms with Crippen molar-refractivity contribution in [3.8, 4) is 0 Å². The predicted octanol–water partition coefficient (Wildman–Crippen LogP) is 4.46. The van der Waals surface area contributed by atoms with Crippen molar-refractivity contribution in [1.29, 1.82) is 0 Å². The van der Waals surface area contributed by atoms with E-state index in [1.165, 1.54) is 51.4 Å². The summed E-state index contributed by atoms with van der Waals surface area (Å²) in [6, 6.07) is 0.340. The lowest BCUT2D eigenvalue weighted by Crippen LogP contribution is -2.42. The second-order valence-corrected chi connectivity index (χ2v) is 7.48. The first kappa shape index (κ1) is 19.3. The molecule has 2 saturated carbocycles. The molecule has 0 atom stereocenters. The first-order chi connectivity index (χ1) is 11.7. The quantitative estimate of drug-likeness (QED) is 0.614. The lowest BCUT2D eigenvalue weighted by molar-refractivity contribution is -0.144. The van der Waals surface area contributed by atoms with Crippen molar-refractivity contribution in [3.63, 3.8) is 0 Å². The summed E-state index contributed by atoms with van der Waals surface area (Å²) in [4.78, 5) is 26.5. The van der Waals surface area contributed by atoms with Crippen LogP contribution in [0.15, 0.2) is 0 Å². The van der Waals surface area contributed by atoms with Gasteiger partial charge in [0.25, 0.3) is 0 Å². The SMILES string of the molecule is CCOC(=O)CCN(C(=O)CCC1CCCCC1)C1CCCCC1. The first-order valence-corrected chi connectivity index (χ1v) is 10.2. The molecule has 2 aliphatic carbocycles. The molecule has 0 aromatic heterocycles. The molecule has 0 radical (unpaired) electrons. The standard InChI is InChI=1S/C20H35NO3/c1-2-24-20(23)15-16-21(18-11-7-4-8-12-18)19(22)14-13-17-9-5-3-6-10-17/h17-18H,2-16H2,1H3. The van der Waals surface area contributed by atoms with Gasteiger partial charge in [-0.05, 0) is 32.1 Å². The molecule has 0 aliphatic heterocycles. The van der Waals surface area contributed by atoms with Gasteiger partial charge in [0.1, 0.15) is 0 Å². The van der Waals surface area contributed by atoms with Gasteiger partial charge in [0.15, 0.2) is 0 Å². The highest BCUT2D eigenvalue weighted by molar-refractivity contribution is 5.77. The van der Waals surface area contributed by atoms with Crippen LogP contribution >= 0.6 is 0 Å². The van der Waals surface area contributed by atoms with Gasteiger partial charge in [-0.15, -0.1) is 0 Å². The summed E-state index contributed by atoms with van der Waals surface area (Å²) in [6.07, 6.45) is 14.5. The van der Waals surface area contributed by atoms with Crippen molar-refractivity contribution in [2.75, 3.05) is 13.2 Å². The van der Waals surface area contributed by atoms with Crippen LogP contribution < -0.4 is 0 Å². The molecule has 2 fully saturated rings. The molecule has 4 nitrogen and oxygen atoms in total. The van der Waals surface area contributed by atoms with Gasteiger partial charge in [0.05, 0.1) is 13.0 Å². The van der Waals surface area contributed by atoms with E-state index in [1.54, 1.807) is 0 Å². The number of ether oxygens (including phenoxy) is 1. The molecule has 1 amide bonds. The minimum Gasteiger partial charge on any atom is -0.466 e. The van der Waals surface area contributed by atoms with Crippen molar-refractivity contribution in [1.82, 2.24) is 4.90 Å². The smallest absolute Gasteiger partial charge is 0.307 e. The molecule has 0 saturated heterocycles. The van der Waals surface area contributed by atoms with Crippen LogP contribution in [0.4, 0.5) is 0 Å². The number of hydrogen-bond donors (Lipinski definition) is 0. The Balaban J connectivity index is 1.84. The maximum Gasteiger partial charge on any atom is 0.307 e. The Bertz CT molecular complexity index is 384. The van der Waals surface area contributed by atoms with Crippen LogP contribution in [0.5, 0.6) is 0 Å². The molecule has 24 heavy (non-hydrogen) atoms. The molecule has 138 valence electrons. The summed E-state index contributed by atoms with van der Waals surface area (Å²) in [7, 11) is 0. The molecule has 0 spiro atoms. The van der Waals surface area contributed by atoms with Crippen LogP contribution in [0, 0.1) is 5.92 Å². The van der Waals surface area contributed by atoms with Gasteiger partial charge in [-0.1, -0.05) is 51.4 Å². The Morgan fingerprint density at radius 3 is 2.17 bits per heavy atom. The summed E-state index contributed by atoms with van der Waals surface area (Å²) in [5, 5.41) is 0. The van der Waals surface area contributed by atoms with Gasteiger partial charge >= 0.3 is 5.97 Å². The van der Waals surface area contributed by atoms with Gasteiger partial charge in [0, 0.05) is 19.0 Å². The summed E-state index contributed by atoms with van der Waals surface area (Å²) < 4.78 is 5.04. The maximum atomic E-state index is 12.8. The molecule has 0 unspecified atom stereocenters. The highest BCUT2D eigenvalue weighted by Gasteiger charge is 2.26. The number of amides is 1. The van der Waals surface area contributed by atoms with Crippen LogP contribution in [0.2, 0.25) is 0 Å². The Hall–Kier alpha value is -1.06. The second-order valence-electron chi connectivity index (χ2n) is 7.48. The molecule has 0 aromatic rings. The highest BCUT2D eigenvalue weighted by Crippen LogP contribution is 2.29. The monoisotopic (exact) mass is 337 g/mol. The van der Waals surface area contributed by atoms with Crippen molar-refractivity contribution in [2.24, 2.45) is 5.92 Å². The summed E-state index contributed by atoms with van der Waals surface area (Å²) >= 11 is 0. The molecule has 4 heteroatoms. The minimum absolute atomic E-state index is 0.182. The molecule has 2 rings (SSSR count). The van der Waals surface area contributed by atoms with Crippen molar-refractivity contribution in [3.05, 3.63) is 0 Å². The number of hydrogen-bond acceptors (Lipinski definition) is 3. The van der Waals surface area contributed by atoms with Crippen LogP contribution in [0.1, 0.15) is 90.4 Å². The largest absolute Gasteiger partial charge is 0.466 e. The van der Waals surface area contributed by atoms with Crippen LogP contribution in [0.25, 0.3) is 0 Å². The third-order valence-electron chi connectivity index (χ3n) is 5.69. The normalized spacial score (nSPS) is 19.9. The second kappa shape index (κ2) is 10.7. The van der Waals surface area contributed by atoms with Crippen molar-refractivity contribution >= 4 is 11.9 Å². The van der Waals surface area contributed by atoms with E-state index in [1.807, 2.05) is 11.8 Å². The molecule has 2 aliphatic rings. The van der Waals surface area contributed by atoms with E-state index in [0.717, 1.165) is 25.2 Å². The third-order valence-corrected chi connectivity index (χ3v) is 5.69. The van der Waals surface area contributed by atoms with E-state index in [0.29, 0.717) is 32.0 Å². The summed E-state index contributed by atoms with van der Waals surface area (Å²) in [5.74, 6) is 0.816. The zero-order valence-corrected chi connectivity index (χ0v) is 15.4. The number of carbonyl (C=O) groups excluding carboxylic acids is 2. The average Bonchev–Trinajstić information content (AvgIpc) is 2.62. The molecular weight excluding hydrogens is 302 g/mol. The van der Waals surface area contributed by atoms with E-state index in [2.05, 4.69) is 0 Å². The predicted molar refractivity (Wildman–Crippen MR) is 95.6 cm³/mol. The van der Waals surface area contributed by atoms with E-state index < -0.39 is 0 Å². The van der Waals surface area contributed by atoms with Crippen molar-refractivity contribution < 1.29 is 14.3 Å². The fraction of sp³-hybridized carbons (Fsp3) is 0.900. The Kier molecular flexibility index (Phi) is 8.62. The van der Waals surface area contributed by atoms with E-state index in [9.17, 15) is 9.59 Å². The summed E-state index contributed by atoms with van der Waals surface area (Å²) in [5.41, 5.74) is 0. The van der Waals surface area contributed by atoms with Gasteiger partial charge in [-0.2, -0.15) is 0 Å². The Labute approximate surface area is 147 Å². The molecule has 0 heterocycles. The zero-order valence-electron chi connectivity index (χ0n) is 15.4. The number of esters is 1. The molecule has 0 N–H and O–H groups in total. The maximum absolute atomic E-state index is 12.8. The lowest BCUT2D eigenvalue weighted by atomic mass is 9.86.